The highest BCUT2D eigenvalue weighted by Crippen LogP contribution is 2.21. The molecule has 0 fully saturated rings. The SMILES string of the molecule is CCN(C1=NC(C)CC(C)C1)N(C)C. The van der Waals surface area contributed by atoms with Gasteiger partial charge in [0.1, 0.15) is 5.84 Å². The predicted octanol–water partition coefficient (Wildman–Crippen LogP) is 2.00. The standard InChI is InChI=1S/C11H23N3/c1-6-14(13(4)5)11-8-9(2)7-10(3)12-11/h9-10H,6-8H2,1-5H3. The molecule has 0 aromatic rings. The fourth-order valence-electron chi connectivity index (χ4n) is 2.21. The zero-order valence-electron chi connectivity index (χ0n) is 10.1. The molecule has 0 aromatic carbocycles. The Kier molecular flexibility index (Phi) is 3.93. The Balaban J connectivity index is 2.74. The Morgan fingerprint density at radius 3 is 2.43 bits per heavy atom. The number of nitrogens with zero attached hydrogens (tertiary/aromatic N) is 3. The molecule has 82 valence electrons. The summed E-state index contributed by atoms with van der Waals surface area (Å²) >= 11 is 0. The maximum absolute atomic E-state index is 4.73. The Hall–Kier alpha value is -0.570. The van der Waals surface area contributed by atoms with Gasteiger partial charge in [0, 0.05) is 33.1 Å². The number of hydrazine groups is 1. The van der Waals surface area contributed by atoms with E-state index < -0.39 is 0 Å². The van der Waals surface area contributed by atoms with E-state index in [1.54, 1.807) is 0 Å². The average Bonchev–Trinajstić information content (AvgIpc) is 2.02. The van der Waals surface area contributed by atoms with Crippen molar-refractivity contribution in [3.63, 3.8) is 0 Å². The first-order chi connectivity index (χ1) is 6.54. The molecule has 2 unspecified atom stereocenters. The van der Waals surface area contributed by atoms with Crippen LogP contribution in [-0.2, 0) is 0 Å². The van der Waals surface area contributed by atoms with Gasteiger partial charge in [-0.25, -0.2) is 5.01 Å². The molecule has 3 heteroatoms. The summed E-state index contributed by atoms with van der Waals surface area (Å²) in [4.78, 5) is 4.73. The number of hydrogen-bond acceptors (Lipinski definition) is 3. The number of rotatable bonds is 2. The normalized spacial score (nSPS) is 27.7. The van der Waals surface area contributed by atoms with Crippen molar-refractivity contribution in [2.45, 2.75) is 39.7 Å². The van der Waals surface area contributed by atoms with E-state index >= 15 is 0 Å². The summed E-state index contributed by atoms with van der Waals surface area (Å²) < 4.78 is 0. The van der Waals surface area contributed by atoms with E-state index in [0.717, 1.165) is 18.9 Å². The Morgan fingerprint density at radius 1 is 1.36 bits per heavy atom. The lowest BCUT2D eigenvalue weighted by Crippen LogP contribution is -2.44. The number of aliphatic imine (C=N–C) groups is 1. The van der Waals surface area contributed by atoms with Gasteiger partial charge in [0.2, 0.25) is 0 Å². The number of amidine groups is 1. The van der Waals surface area contributed by atoms with Gasteiger partial charge in [-0.3, -0.25) is 10.0 Å². The molecule has 1 aliphatic rings. The molecule has 0 spiro atoms. The van der Waals surface area contributed by atoms with E-state index in [-0.39, 0.29) is 0 Å². The third-order valence-corrected chi connectivity index (χ3v) is 2.72. The van der Waals surface area contributed by atoms with Crippen LogP contribution in [0.3, 0.4) is 0 Å². The molecule has 3 nitrogen and oxygen atoms in total. The van der Waals surface area contributed by atoms with Gasteiger partial charge >= 0.3 is 0 Å². The van der Waals surface area contributed by atoms with Crippen LogP contribution in [0.15, 0.2) is 4.99 Å². The lowest BCUT2D eigenvalue weighted by molar-refractivity contribution is 0.110. The largest absolute Gasteiger partial charge is 0.294 e. The zero-order chi connectivity index (χ0) is 10.7. The zero-order valence-corrected chi connectivity index (χ0v) is 10.1. The van der Waals surface area contributed by atoms with Crippen molar-refractivity contribution in [2.75, 3.05) is 20.6 Å². The topological polar surface area (TPSA) is 18.8 Å². The van der Waals surface area contributed by atoms with E-state index in [4.69, 9.17) is 4.99 Å². The van der Waals surface area contributed by atoms with Gasteiger partial charge < -0.3 is 0 Å². The highest BCUT2D eigenvalue weighted by molar-refractivity contribution is 5.82. The van der Waals surface area contributed by atoms with Crippen molar-refractivity contribution in [2.24, 2.45) is 10.9 Å². The van der Waals surface area contributed by atoms with E-state index in [1.165, 1.54) is 12.3 Å². The minimum Gasteiger partial charge on any atom is -0.294 e. The highest BCUT2D eigenvalue weighted by Gasteiger charge is 2.21. The van der Waals surface area contributed by atoms with Crippen molar-refractivity contribution in [3.05, 3.63) is 0 Å². The first-order valence-corrected chi connectivity index (χ1v) is 5.56. The summed E-state index contributed by atoms with van der Waals surface area (Å²) in [5, 5.41) is 4.38. The molecule has 0 radical (unpaired) electrons. The quantitative estimate of drug-likeness (QED) is 0.631. The molecule has 1 rings (SSSR count). The molecule has 2 atom stereocenters. The van der Waals surface area contributed by atoms with Crippen LogP contribution in [0.4, 0.5) is 0 Å². The van der Waals surface area contributed by atoms with E-state index in [0.29, 0.717) is 6.04 Å². The summed E-state index contributed by atoms with van der Waals surface area (Å²) in [5.74, 6) is 2.02. The molecule has 0 amide bonds. The van der Waals surface area contributed by atoms with Gasteiger partial charge in [0.15, 0.2) is 0 Å². The third kappa shape index (κ3) is 2.71. The van der Waals surface area contributed by atoms with Crippen LogP contribution in [0.2, 0.25) is 0 Å². The van der Waals surface area contributed by atoms with Gasteiger partial charge in [0.05, 0.1) is 0 Å². The van der Waals surface area contributed by atoms with Crippen molar-refractivity contribution < 1.29 is 0 Å². The first kappa shape index (κ1) is 11.5. The summed E-state index contributed by atoms with van der Waals surface area (Å²) in [7, 11) is 4.16. The molecule has 0 saturated heterocycles. The Labute approximate surface area is 87.8 Å². The number of hydrogen-bond donors (Lipinski definition) is 0. The summed E-state index contributed by atoms with van der Waals surface area (Å²) in [6.45, 7) is 7.70. The van der Waals surface area contributed by atoms with Crippen LogP contribution in [0.25, 0.3) is 0 Å². The lowest BCUT2D eigenvalue weighted by Gasteiger charge is -2.35. The van der Waals surface area contributed by atoms with Crippen molar-refractivity contribution in [1.29, 1.82) is 0 Å². The van der Waals surface area contributed by atoms with Gasteiger partial charge in [-0.1, -0.05) is 6.92 Å². The van der Waals surface area contributed by atoms with Crippen LogP contribution in [0.1, 0.15) is 33.6 Å². The van der Waals surface area contributed by atoms with Crippen molar-refractivity contribution in [3.8, 4) is 0 Å². The maximum Gasteiger partial charge on any atom is 0.114 e. The van der Waals surface area contributed by atoms with Gasteiger partial charge in [-0.05, 0) is 26.2 Å². The highest BCUT2D eigenvalue weighted by atomic mass is 15.6. The van der Waals surface area contributed by atoms with Crippen molar-refractivity contribution >= 4 is 5.84 Å². The minimum absolute atomic E-state index is 0.489. The van der Waals surface area contributed by atoms with E-state index in [9.17, 15) is 0 Å². The summed E-state index contributed by atoms with van der Waals surface area (Å²) in [6, 6.07) is 0.489. The maximum atomic E-state index is 4.73. The molecule has 0 aliphatic carbocycles. The fraction of sp³-hybridized carbons (Fsp3) is 0.909. The van der Waals surface area contributed by atoms with E-state index in [2.05, 4.69) is 44.9 Å². The average molecular weight is 197 g/mol. The monoisotopic (exact) mass is 197 g/mol. The predicted molar refractivity (Wildman–Crippen MR) is 61.4 cm³/mol. The molecule has 1 aliphatic heterocycles. The molecule has 1 heterocycles. The second-order valence-electron chi connectivity index (χ2n) is 4.50. The summed E-state index contributed by atoms with van der Waals surface area (Å²) in [6.07, 6.45) is 2.35. The molecule has 0 saturated carbocycles. The minimum atomic E-state index is 0.489. The molecular weight excluding hydrogens is 174 g/mol. The fourth-order valence-corrected chi connectivity index (χ4v) is 2.21. The second kappa shape index (κ2) is 4.78. The van der Waals surface area contributed by atoms with E-state index in [1.807, 2.05) is 0 Å². The molecule has 0 aromatic heterocycles. The Morgan fingerprint density at radius 2 is 2.00 bits per heavy atom. The first-order valence-electron chi connectivity index (χ1n) is 5.56. The van der Waals surface area contributed by atoms with Crippen LogP contribution in [0, 0.1) is 5.92 Å². The Bertz CT molecular complexity index is 211. The van der Waals surface area contributed by atoms with Crippen LogP contribution < -0.4 is 0 Å². The van der Waals surface area contributed by atoms with Gasteiger partial charge in [0.25, 0.3) is 0 Å². The molecule has 0 bridgehead atoms. The lowest BCUT2D eigenvalue weighted by atomic mass is 9.96. The van der Waals surface area contributed by atoms with Crippen LogP contribution in [-0.4, -0.2) is 42.5 Å². The third-order valence-electron chi connectivity index (χ3n) is 2.72. The molecular formula is C11H23N3. The van der Waals surface area contributed by atoms with Crippen LogP contribution >= 0.6 is 0 Å². The molecule has 14 heavy (non-hydrogen) atoms. The smallest absolute Gasteiger partial charge is 0.114 e. The van der Waals surface area contributed by atoms with Crippen LogP contribution in [0.5, 0.6) is 0 Å². The molecule has 0 N–H and O–H groups in total. The second-order valence-corrected chi connectivity index (χ2v) is 4.50. The summed E-state index contributed by atoms with van der Waals surface area (Å²) in [5.41, 5.74) is 0. The van der Waals surface area contributed by atoms with Gasteiger partial charge in [-0.15, -0.1) is 0 Å². The van der Waals surface area contributed by atoms with Crippen molar-refractivity contribution in [1.82, 2.24) is 10.0 Å². The van der Waals surface area contributed by atoms with Gasteiger partial charge in [-0.2, -0.15) is 0 Å².